The first-order chi connectivity index (χ1) is 28.7. The number of ether oxygens (including phenoxy) is 3. The van der Waals surface area contributed by atoms with E-state index in [2.05, 4.69) is 10.3 Å². The fourth-order valence-electron chi connectivity index (χ4n) is 8.91. The minimum absolute atomic E-state index is 0.000777. The highest BCUT2D eigenvalue weighted by atomic mass is 32.2. The zero-order valence-corrected chi connectivity index (χ0v) is 35.1. The van der Waals surface area contributed by atoms with Crippen LogP contribution in [0.2, 0.25) is 0 Å². The Balaban J connectivity index is 1.30. The lowest BCUT2D eigenvalue weighted by Gasteiger charge is -2.46. The molecule has 4 heterocycles. The van der Waals surface area contributed by atoms with Crippen molar-refractivity contribution in [1.29, 1.82) is 0 Å². The number of carbonyl (C=O) groups is 4. The number of hydrogen-bond acceptors (Lipinski definition) is 10. The minimum atomic E-state index is -5.12. The third-order valence-corrected chi connectivity index (χ3v) is 15.2. The van der Waals surface area contributed by atoms with Crippen molar-refractivity contribution in [3.05, 3.63) is 36.5 Å². The molecule has 0 unspecified atom stereocenters. The van der Waals surface area contributed by atoms with E-state index in [1.165, 1.54) is 6.20 Å². The van der Waals surface area contributed by atoms with Gasteiger partial charge in [0.15, 0.2) is 11.5 Å². The van der Waals surface area contributed by atoms with Crippen LogP contribution >= 0.6 is 0 Å². The van der Waals surface area contributed by atoms with E-state index >= 15 is 4.79 Å². The van der Waals surface area contributed by atoms with Crippen LogP contribution in [0.5, 0.6) is 17.4 Å². The Hall–Kier alpha value is -4.88. The topological polar surface area (TPSA) is 194 Å². The lowest BCUT2D eigenvalue weighted by Crippen LogP contribution is -2.66. The van der Waals surface area contributed by atoms with Crippen molar-refractivity contribution >= 4 is 44.6 Å². The van der Waals surface area contributed by atoms with Gasteiger partial charge in [0.05, 0.1) is 6.54 Å². The summed E-state index contributed by atoms with van der Waals surface area (Å²) in [5.74, 6) is -3.97. The average Bonchev–Trinajstić information content (AvgIpc) is 4.11. The van der Waals surface area contributed by atoms with E-state index in [9.17, 15) is 45.5 Å². The van der Waals surface area contributed by atoms with Gasteiger partial charge in [-0.1, -0.05) is 32.4 Å². The third kappa shape index (κ3) is 8.04. The van der Waals surface area contributed by atoms with E-state index in [1.54, 1.807) is 37.3 Å². The smallest absolute Gasteiger partial charge is 0.411 e. The van der Waals surface area contributed by atoms with Crippen LogP contribution < -0.4 is 24.2 Å². The molecule has 2 saturated carbocycles. The number of nitrogens with one attached hydrogen (secondary N) is 2. The first-order valence-electron chi connectivity index (χ1n) is 20.5. The lowest BCUT2D eigenvalue weighted by molar-refractivity contribution is -0.222. The maximum atomic E-state index is 15.2. The fourth-order valence-corrected chi connectivity index (χ4v) is 10.3. The van der Waals surface area contributed by atoms with Gasteiger partial charge < -0.3 is 29.5 Å². The Labute approximate surface area is 350 Å². The molecule has 2 aliphatic carbocycles. The molecule has 2 aromatic rings. The lowest BCUT2D eigenvalue weighted by atomic mass is 9.82. The number of pyridine rings is 1. The van der Waals surface area contributed by atoms with Gasteiger partial charge in [0.1, 0.15) is 53.9 Å². The van der Waals surface area contributed by atoms with Gasteiger partial charge in [0.2, 0.25) is 27.7 Å². The summed E-state index contributed by atoms with van der Waals surface area (Å²) >= 11 is 0. The maximum absolute atomic E-state index is 15.2. The second-order valence-electron chi connectivity index (χ2n) is 17.5. The molecule has 0 bridgehead atoms. The molecule has 1 aromatic heterocycles. The summed E-state index contributed by atoms with van der Waals surface area (Å²) in [5, 5.41) is 14.3. The molecule has 4 amide bonds. The Morgan fingerprint density at radius 1 is 1.11 bits per heavy atom. The van der Waals surface area contributed by atoms with Gasteiger partial charge in [-0.2, -0.15) is 13.2 Å². The molecule has 7 atom stereocenters. The Morgan fingerprint density at radius 3 is 2.49 bits per heavy atom. The highest BCUT2D eigenvalue weighted by molar-refractivity contribution is 7.91. The molecular formula is C41H51F4N5O10S. The molecule has 20 heteroatoms. The van der Waals surface area contributed by atoms with Crippen molar-refractivity contribution in [3.8, 4) is 17.4 Å². The SMILES string of the molecule is CC[C@@H]1C[C@@H](C)CC/C=C\[C@@H]2C[C@@]2(C(=O)NS(=O)(=O)C2(CF)CC2)NC(=O)[C@@H]2C[C@@H](Oc3nccc4c5c(ccc34)OCCO5)CN2C(=O)[C@H]1N(C(=O)O)C(C)(C)C(F)(F)F. The molecule has 7 rings (SSSR count). The van der Waals surface area contributed by atoms with E-state index in [0.717, 1.165) is 4.90 Å². The van der Waals surface area contributed by atoms with Gasteiger partial charge >= 0.3 is 12.3 Å². The second-order valence-corrected chi connectivity index (χ2v) is 19.6. The number of benzene rings is 1. The summed E-state index contributed by atoms with van der Waals surface area (Å²) in [5.41, 5.74) is -4.92. The van der Waals surface area contributed by atoms with Crippen molar-refractivity contribution in [2.75, 3.05) is 26.4 Å². The number of sulfonamides is 1. The molecule has 3 N–H and O–H groups in total. The van der Waals surface area contributed by atoms with Crippen molar-refractivity contribution in [3.63, 3.8) is 0 Å². The molecule has 15 nitrogen and oxygen atoms in total. The van der Waals surface area contributed by atoms with E-state index in [4.69, 9.17) is 14.2 Å². The molecule has 334 valence electrons. The van der Waals surface area contributed by atoms with Crippen molar-refractivity contribution < 1.29 is 64.5 Å². The van der Waals surface area contributed by atoms with Crippen LogP contribution in [0.25, 0.3) is 10.8 Å². The standard InChI is InChI=1S/C41H51F4N5O10S/c1-5-24-18-23(2)8-6-7-9-25-20-40(25,36(53)48-61(56,57)39(22-42)13-14-39)47-33(51)29-19-26(21-49(29)35(52)31(24)50(37(54)55)38(3,4)41(43,44)45)60-34-28-10-11-30-32(59-17-16-58-30)27(28)12-15-46-34/h7,9-12,15,23-26,29,31H,5-6,8,13-14,16-22H2,1-4H3,(H,47,51)(H,48,53)(H,54,55)/b9-7-/t23-,24+,25+,26+,29-,31-,40+/m0/s1. The quantitative estimate of drug-likeness (QED) is 0.220. The molecule has 5 aliphatic rings. The Bertz CT molecular complexity index is 2220. The van der Waals surface area contributed by atoms with Crippen molar-refractivity contribution in [2.45, 2.75) is 119 Å². The van der Waals surface area contributed by atoms with Gasteiger partial charge in [-0.05, 0) is 82.4 Å². The van der Waals surface area contributed by atoms with Gasteiger partial charge in [-0.15, -0.1) is 0 Å². The summed E-state index contributed by atoms with van der Waals surface area (Å²) in [4.78, 5) is 62.4. The van der Waals surface area contributed by atoms with Crippen molar-refractivity contribution in [1.82, 2.24) is 24.8 Å². The Kier molecular flexibility index (Phi) is 11.7. The number of aromatic nitrogens is 1. The van der Waals surface area contributed by atoms with Crippen LogP contribution in [-0.2, 0) is 24.4 Å². The number of rotatable bonds is 9. The normalized spacial score (nSPS) is 29.5. The summed E-state index contributed by atoms with van der Waals surface area (Å²) < 4.78 is 103. The van der Waals surface area contributed by atoms with E-state index in [0.29, 0.717) is 55.6 Å². The van der Waals surface area contributed by atoms with Gasteiger partial charge in [0.25, 0.3) is 5.91 Å². The largest absolute Gasteiger partial charge is 0.486 e. The summed E-state index contributed by atoms with van der Waals surface area (Å²) in [6.45, 7) is 3.87. The Morgan fingerprint density at radius 2 is 1.84 bits per heavy atom. The highest BCUT2D eigenvalue weighted by Gasteiger charge is 2.64. The number of nitrogens with zero attached hydrogens (tertiary/aromatic N) is 3. The third-order valence-electron chi connectivity index (χ3n) is 13.1. The number of hydrogen-bond donors (Lipinski definition) is 3. The predicted octanol–water partition coefficient (Wildman–Crippen LogP) is 5.27. The number of allylic oxidation sites excluding steroid dienone is 1. The molecule has 1 aromatic carbocycles. The van der Waals surface area contributed by atoms with Crippen LogP contribution in [-0.4, -0.2) is 119 Å². The number of alkyl halides is 4. The summed E-state index contributed by atoms with van der Waals surface area (Å²) in [6, 6.07) is 1.58. The van der Waals surface area contributed by atoms with Crippen LogP contribution in [0.15, 0.2) is 36.5 Å². The van der Waals surface area contributed by atoms with Gasteiger partial charge in [0, 0.05) is 29.3 Å². The van der Waals surface area contributed by atoms with E-state index in [1.807, 2.05) is 11.6 Å². The maximum Gasteiger partial charge on any atom is 0.411 e. The van der Waals surface area contributed by atoms with E-state index in [-0.39, 0.29) is 61.8 Å². The second kappa shape index (κ2) is 16.1. The van der Waals surface area contributed by atoms with Gasteiger partial charge in [-0.3, -0.25) is 24.0 Å². The van der Waals surface area contributed by atoms with Crippen LogP contribution in [0.1, 0.15) is 79.1 Å². The zero-order chi connectivity index (χ0) is 44.3. The first-order valence-corrected chi connectivity index (χ1v) is 22.0. The highest BCUT2D eigenvalue weighted by Crippen LogP contribution is 2.49. The van der Waals surface area contributed by atoms with Gasteiger partial charge in [-0.25, -0.2) is 22.6 Å². The molecule has 1 saturated heterocycles. The molecule has 3 fully saturated rings. The number of carbonyl (C=O) groups excluding carboxylic acids is 3. The molecular weight excluding hydrogens is 831 g/mol. The number of halogens is 4. The van der Waals surface area contributed by atoms with Crippen LogP contribution in [0.4, 0.5) is 22.4 Å². The number of amides is 4. The molecule has 3 aliphatic heterocycles. The zero-order valence-electron chi connectivity index (χ0n) is 34.3. The predicted molar refractivity (Wildman–Crippen MR) is 211 cm³/mol. The summed E-state index contributed by atoms with van der Waals surface area (Å²) in [6.07, 6.45) is -2.43. The molecule has 0 spiro atoms. The molecule has 0 radical (unpaired) electrons. The fraction of sp³-hybridized carbons (Fsp3) is 0.634. The first kappa shape index (κ1) is 44.2. The minimum Gasteiger partial charge on any atom is -0.486 e. The monoisotopic (exact) mass is 881 g/mol. The van der Waals surface area contributed by atoms with Crippen LogP contribution in [0.3, 0.4) is 0 Å². The number of fused-ring (bicyclic) bond motifs is 5. The summed E-state index contributed by atoms with van der Waals surface area (Å²) in [7, 11) is -4.51. The number of carboxylic acid groups (broad SMARTS) is 1. The average molecular weight is 882 g/mol. The van der Waals surface area contributed by atoms with Crippen LogP contribution in [0, 0.1) is 17.8 Å². The molecule has 61 heavy (non-hydrogen) atoms. The van der Waals surface area contributed by atoms with Crippen molar-refractivity contribution in [2.24, 2.45) is 17.8 Å². The van der Waals surface area contributed by atoms with E-state index < -0.39 is 99.1 Å².